The molecule has 3 aromatic heterocycles. The zero-order valence-corrected chi connectivity index (χ0v) is 17.5. The number of hydrogen-bond donors (Lipinski definition) is 5. The van der Waals surface area contributed by atoms with Gasteiger partial charge in [-0.25, -0.2) is 9.18 Å². The number of aromatic nitrogens is 3. The van der Waals surface area contributed by atoms with Gasteiger partial charge in [0.05, 0.1) is 10.3 Å². The highest BCUT2D eigenvalue weighted by Crippen LogP contribution is 2.33. The maximum atomic E-state index is 14.0. The summed E-state index contributed by atoms with van der Waals surface area (Å²) in [5.41, 5.74) is 6.10. The maximum absolute atomic E-state index is 14.0. The number of thiophene rings is 1. The lowest BCUT2D eigenvalue weighted by molar-refractivity contribution is -0.139. The average Bonchev–Trinajstić information content (AvgIpc) is 3.39. The van der Waals surface area contributed by atoms with Gasteiger partial charge in [-0.3, -0.25) is 14.6 Å². The summed E-state index contributed by atoms with van der Waals surface area (Å²) in [6.07, 6.45) is 1.66. The fourth-order valence-electron chi connectivity index (χ4n) is 3.47. The largest absolute Gasteiger partial charge is 0.479 e. The lowest BCUT2D eigenvalue weighted by Gasteiger charge is -2.15. The molecular weight excluding hydrogens is 437 g/mol. The predicted molar refractivity (Wildman–Crippen MR) is 117 cm³/mol. The standard InChI is InChI=1S/C21H18FN5O4S/c1-9(11-8-24-17-15(11)19(29)27-21(23)26-17)13-6-7-14(32-13)18(28)25-16(20(30)31)10-4-2-3-5-12(10)22/h2-9,16H,1H3,(H,25,28)(H,30,31)(H4,23,24,26,27,29). The maximum Gasteiger partial charge on any atom is 0.331 e. The topological polar surface area (TPSA) is 154 Å². The van der Waals surface area contributed by atoms with Crippen LogP contribution in [0.4, 0.5) is 10.3 Å². The number of benzene rings is 1. The summed E-state index contributed by atoms with van der Waals surface area (Å²) in [5, 5.41) is 12.2. The van der Waals surface area contributed by atoms with Crippen molar-refractivity contribution in [2.45, 2.75) is 18.9 Å². The molecule has 6 N–H and O–H groups in total. The third-order valence-corrected chi connectivity index (χ3v) is 6.34. The Morgan fingerprint density at radius 1 is 1.22 bits per heavy atom. The number of carboxylic acids is 1. The molecule has 0 aliphatic rings. The molecule has 0 fully saturated rings. The summed E-state index contributed by atoms with van der Waals surface area (Å²) >= 11 is 1.15. The number of rotatable bonds is 6. The number of nitrogens with one attached hydrogen (secondary N) is 3. The van der Waals surface area contributed by atoms with Crippen molar-refractivity contribution in [2.75, 3.05) is 5.73 Å². The fourth-order valence-corrected chi connectivity index (χ4v) is 4.45. The summed E-state index contributed by atoms with van der Waals surface area (Å²) in [6, 6.07) is 7.13. The molecule has 4 aromatic rings. The molecule has 1 amide bonds. The second-order valence-corrected chi connectivity index (χ2v) is 8.22. The number of nitrogens with two attached hydrogens (primary N) is 1. The molecular formula is C21H18FN5O4S. The lowest BCUT2D eigenvalue weighted by Crippen LogP contribution is -2.33. The number of fused-ring (bicyclic) bond motifs is 1. The van der Waals surface area contributed by atoms with Crippen LogP contribution in [0.5, 0.6) is 0 Å². The Morgan fingerprint density at radius 2 is 1.97 bits per heavy atom. The van der Waals surface area contributed by atoms with Crippen molar-refractivity contribution in [1.29, 1.82) is 0 Å². The Hall–Kier alpha value is -3.99. The highest BCUT2D eigenvalue weighted by atomic mass is 32.1. The van der Waals surface area contributed by atoms with E-state index in [1.807, 2.05) is 6.92 Å². The van der Waals surface area contributed by atoms with Gasteiger partial charge in [-0.2, -0.15) is 4.98 Å². The van der Waals surface area contributed by atoms with Crippen LogP contribution in [-0.2, 0) is 4.79 Å². The molecule has 32 heavy (non-hydrogen) atoms. The van der Waals surface area contributed by atoms with Crippen molar-refractivity contribution < 1.29 is 19.1 Å². The van der Waals surface area contributed by atoms with E-state index in [0.717, 1.165) is 22.3 Å². The van der Waals surface area contributed by atoms with E-state index in [1.165, 1.54) is 18.2 Å². The molecule has 0 spiro atoms. The number of H-pyrrole nitrogens is 2. The van der Waals surface area contributed by atoms with Crippen LogP contribution in [0.3, 0.4) is 0 Å². The van der Waals surface area contributed by atoms with Gasteiger partial charge in [-0.15, -0.1) is 11.3 Å². The van der Waals surface area contributed by atoms with Crippen LogP contribution >= 0.6 is 11.3 Å². The van der Waals surface area contributed by atoms with Gasteiger partial charge < -0.3 is 21.1 Å². The SMILES string of the molecule is CC(c1ccc(C(=O)NC(C(=O)O)c2ccccc2F)s1)c1c[nH]c2nc(N)[nH]c(=O)c12. The summed E-state index contributed by atoms with van der Waals surface area (Å²) in [7, 11) is 0. The number of anilines is 1. The van der Waals surface area contributed by atoms with Gasteiger partial charge in [0.25, 0.3) is 11.5 Å². The number of nitrogen functional groups attached to an aromatic ring is 1. The minimum Gasteiger partial charge on any atom is -0.479 e. The monoisotopic (exact) mass is 455 g/mol. The van der Waals surface area contributed by atoms with E-state index < -0.39 is 23.7 Å². The van der Waals surface area contributed by atoms with Crippen molar-refractivity contribution in [2.24, 2.45) is 0 Å². The van der Waals surface area contributed by atoms with Crippen molar-refractivity contribution in [3.8, 4) is 0 Å². The zero-order valence-electron chi connectivity index (χ0n) is 16.7. The molecule has 2 atom stereocenters. The van der Waals surface area contributed by atoms with Crippen LogP contribution < -0.4 is 16.6 Å². The molecule has 164 valence electrons. The van der Waals surface area contributed by atoms with Crippen LogP contribution in [0.2, 0.25) is 0 Å². The molecule has 2 unspecified atom stereocenters. The molecule has 0 saturated carbocycles. The first-order valence-electron chi connectivity index (χ1n) is 9.51. The Labute approximate surface area is 184 Å². The first kappa shape index (κ1) is 21.2. The zero-order chi connectivity index (χ0) is 23.0. The van der Waals surface area contributed by atoms with E-state index in [9.17, 15) is 23.9 Å². The molecule has 0 aliphatic carbocycles. The molecule has 1 aromatic carbocycles. The Bertz CT molecular complexity index is 1390. The van der Waals surface area contributed by atoms with Crippen LogP contribution in [0, 0.1) is 5.82 Å². The van der Waals surface area contributed by atoms with Crippen LogP contribution in [0.25, 0.3) is 11.0 Å². The van der Waals surface area contributed by atoms with Crippen LogP contribution in [-0.4, -0.2) is 31.9 Å². The summed E-state index contributed by atoms with van der Waals surface area (Å²) in [4.78, 5) is 47.2. The number of carboxylic acid groups (broad SMARTS) is 1. The quantitative estimate of drug-likeness (QED) is 0.301. The van der Waals surface area contributed by atoms with Gasteiger partial charge in [0.1, 0.15) is 11.5 Å². The second kappa shape index (κ2) is 8.27. The van der Waals surface area contributed by atoms with Crippen molar-refractivity contribution in [3.63, 3.8) is 0 Å². The van der Waals surface area contributed by atoms with Crippen LogP contribution in [0.15, 0.2) is 47.4 Å². The van der Waals surface area contributed by atoms with Crippen molar-refractivity contribution in [3.05, 3.63) is 79.6 Å². The minimum absolute atomic E-state index is 0.00136. The Kier molecular flexibility index (Phi) is 5.49. The number of amides is 1. The molecule has 4 rings (SSSR count). The number of aromatic amines is 2. The molecule has 11 heteroatoms. The van der Waals surface area contributed by atoms with E-state index in [4.69, 9.17) is 5.73 Å². The van der Waals surface area contributed by atoms with Gasteiger partial charge in [-0.05, 0) is 23.8 Å². The highest BCUT2D eigenvalue weighted by molar-refractivity contribution is 7.14. The third kappa shape index (κ3) is 3.85. The molecule has 9 nitrogen and oxygen atoms in total. The first-order chi connectivity index (χ1) is 15.3. The fraction of sp³-hybridized carbons (Fsp3) is 0.143. The van der Waals surface area contributed by atoms with Crippen molar-refractivity contribution in [1.82, 2.24) is 20.3 Å². The average molecular weight is 455 g/mol. The van der Waals surface area contributed by atoms with E-state index >= 15 is 0 Å². The number of carbonyl (C=O) groups is 2. The number of carbonyl (C=O) groups excluding carboxylic acids is 1. The normalized spacial score (nSPS) is 13.1. The van der Waals surface area contributed by atoms with E-state index in [2.05, 4.69) is 20.3 Å². The first-order valence-corrected chi connectivity index (χ1v) is 10.3. The van der Waals surface area contributed by atoms with Gasteiger partial charge >= 0.3 is 5.97 Å². The van der Waals surface area contributed by atoms with Gasteiger partial charge in [0.2, 0.25) is 5.95 Å². The van der Waals surface area contributed by atoms with E-state index in [1.54, 1.807) is 18.3 Å². The summed E-state index contributed by atoms with van der Waals surface area (Å²) < 4.78 is 14.0. The Balaban J connectivity index is 1.60. The van der Waals surface area contributed by atoms with Crippen molar-refractivity contribution >= 4 is 40.2 Å². The smallest absolute Gasteiger partial charge is 0.331 e. The molecule has 3 heterocycles. The lowest BCUT2D eigenvalue weighted by atomic mass is 10.0. The van der Waals surface area contributed by atoms with E-state index in [-0.39, 0.29) is 27.9 Å². The van der Waals surface area contributed by atoms with Gasteiger partial charge in [-0.1, -0.05) is 25.1 Å². The molecule has 0 saturated heterocycles. The van der Waals surface area contributed by atoms with Crippen LogP contribution in [0.1, 0.15) is 44.6 Å². The molecule has 0 aliphatic heterocycles. The second-order valence-electron chi connectivity index (χ2n) is 7.11. The molecule has 0 radical (unpaired) electrons. The highest BCUT2D eigenvalue weighted by Gasteiger charge is 2.26. The van der Waals surface area contributed by atoms with Gasteiger partial charge in [0, 0.05) is 22.6 Å². The number of hydrogen-bond acceptors (Lipinski definition) is 6. The number of aliphatic carboxylic acids is 1. The Morgan fingerprint density at radius 3 is 2.69 bits per heavy atom. The third-order valence-electron chi connectivity index (χ3n) is 5.07. The summed E-state index contributed by atoms with van der Waals surface area (Å²) in [6.45, 7) is 1.87. The molecule has 0 bridgehead atoms. The summed E-state index contributed by atoms with van der Waals surface area (Å²) in [5.74, 6) is -3.00. The minimum atomic E-state index is -1.53. The van der Waals surface area contributed by atoms with E-state index in [0.29, 0.717) is 16.6 Å². The number of halogens is 1. The predicted octanol–water partition coefficient (Wildman–Crippen LogP) is 2.74. The van der Waals surface area contributed by atoms with Gasteiger partial charge in [0.15, 0.2) is 6.04 Å². The number of nitrogens with zero attached hydrogens (tertiary/aromatic N) is 1.